The van der Waals surface area contributed by atoms with Crippen molar-refractivity contribution in [3.8, 4) is 0 Å². The first kappa shape index (κ1) is 15.3. The van der Waals surface area contributed by atoms with Crippen LogP contribution >= 0.6 is 0 Å². The summed E-state index contributed by atoms with van der Waals surface area (Å²) in [6.07, 6.45) is 3.80. The molecule has 3 amide bonds. The van der Waals surface area contributed by atoms with Gasteiger partial charge in [0.25, 0.3) is 0 Å². The zero-order valence-electron chi connectivity index (χ0n) is 10.9. The Morgan fingerprint density at radius 2 is 2.00 bits per heavy atom. The number of urea groups is 1. The van der Waals surface area contributed by atoms with Gasteiger partial charge in [-0.15, -0.1) is 0 Å². The molecule has 1 aliphatic heterocycles. The lowest BCUT2D eigenvalue weighted by molar-refractivity contribution is -0.137. The van der Waals surface area contributed by atoms with Gasteiger partial charge in [-0.2, -0.15) is 0 Å². The Morgan fingerprint density at radius 3 is 2.63 bits per heavy atom. The molecule has 0 aliphatic carbocycles. The topological polar surface area (TPSA) is 108 Å². The van der Waals surface area contributed by atoms with Gasteiger partial charge < -0.3 is 21.1 Å². The predicted octanol–water partition coefficient (Wildman–Crippen LogP) is 0.209. The van der Waals surface area contributed by atoms with Crippen LogP contribution < -0.4 is 16.0 Å². The predicted molar refractivity (Wildman–Crippen MR) is 68.7 cm³/mol. The molecule has 1 unspecified atom stereocenters. The molecule has 1 rings (SSSR count). The van der Waals surface area contributed by atoms with Crippen LogP contribution in [0.3, 0.4) is 0 Å². The number of carbonyl (C=O) groups excluding carboxylic acids is 2. The standard InChI is InChI=1S/C12H21N3O4/c16-10-7-9(8-14-10)15-12(19)13-6-4-2-1-3-5-11(17)18/h9H,1-8H2,(H,14,16)(H,17,18)(H2,13,15,19). The molecule has 0 saturated carbocycles. The third-order valence-corrected chi connectivity index (χ3v) is 2.92. The largest absolute Gasteiger partial charge is 0.481 e. The molecule has 0 radical (unpaired) electrons. The summed E-state index contributed by atoms with van der Waals surface area (Å²) in [5.41, 5.74) is 0. The molecule has 19 heavy (non-hydrogen) atoms. The molecule has 1 heterocycles. The third kappa shape index (κ3) is 7.28. The lowest BCUT2D eigenvalue weighted by Crippen LogP contribution is -2.43. The quantitative estimate of drug-likeness (QED) is 0.473. The van der Waals surface area contributed by atoms with E-state index < -0.39 is 5.97 Å². The van der Waals surface area contributed by atoms with Crippen LogP contribution in [0.15, 0.2) is 0 Å². The van der Waals surface area contributed by atoms with Gasteiger partial charge in [-0.3, -0.25) is 9.59 Å². The monoisotopic (exact) mass is 271 g/mol. The summed E-state index contributed by atoms with van der Waals surface area (Å²) in [5, 5.41) is 16.5. The van der Waals surface area contributed by atoms with Crippen molar-refractivity contribution in [2.24, 2.45) is 0 Å². The SMILES string of the molecule is O=C(O)CCCCCCNC(=O)NC1CNC(=O)C1. The van der Waals surface area contributed by atoms with Gasteiger partial charge in [0.2, 0.25) is 5.91 Å². The van der Waals surface area contributed by atoms with E-state index in [1.54, 1.807) is 0 Å². The summed E-state index contributed by atoms with van der Waals surface area (Å²) < 4.78 is 0. The fourth-order valence-corrected chi connectivity index (χ4v) is 1.90. The van der Waals surface area contributed by atoms with Gasteiger partial charge in [-0.25, -0.2) is 4.79 Å². The summed E-state index contributed by atoms with van der Waals surface area (Å²) in [6, 6.07) is -0.380. The van der Waals surface area contributed by atoms with Crippen LogP contribution in [0.25, 0.3) is 0 Å². The van der Waals surface area contributed by atoms with E-state index in [0.29, 0.717) is 25.9 Å². The van der Waals surface area contributed by atoms with E-state index in [4.69, 9.17) is 5.11 Å². The number of unbranched alkanes of at least 4 members (excludes halogenated alkanes) is 3. The maximum atomic E-state index is 11.4. The Morgan fingerprint density at radius 1 is 1.26 bits per heavy atom. The van der Waals surface area contributed by atoms with Crippen molar-refractivity contribution in [1.29, 1.82) is 0 Å². The fourth-order valence-electron chi connectivity index (χ4n) is 1.90. The van der Waals surface area contributed by atoms with Crippen molar-refractivity contribution < 1.29 is 19.5 Å². The molecular formula is C12H21N3O4. The van der Waals surface area contributed by atoms with E-state index in [0.717, 1.165) is 19.3 Å². The Hall–Kier alpha value is -1.79. The molecule has 7 heteroatoms. The summed E-state index contributed by atoms with van der Waals surface area (Å²) in [4.78, 5) is 32.6. The maximum Gasteiger partial charge on any atom is 0.315 e. The highest BCUT2D eigenvalue weighted by molar-refractivity contribution is 5.81. The van der Waals surface area contributed by atoms with Crippen LogP contribution in [0.4, 0.5) is 4.79 Å². The summed E-state index contributed by atoms with van der Waals surface area (Å²) in [5.74, 6) is -0.805. The van der Waals surface area contributed by atoms with Crippen LogP contribution in [-0.2, 0) is 9.59 Å². The first-order valence-corrected chi connectivity index (χ1v) is 6.61. The Labute approximate surface area is 112 Å². The second-order valence-corrected chi connectivity index (χ2v) is 4.66. The molecule has 7 nitrogen and oxygen atoms in total. The van der Waals surface area contributed by atoms with Gasteiger partial charge >= 0.3 is 12.0 Å². The van der Waals surface area contributed by atoms with Crippen LogP contribution in [0.1, 0.15) is 38.5 Å². The van der Waals surface area contributed by atoms with Crippen LogP contribution in [-0.4, -0.2) is 42.1 Å². The number of aliphatic carboxylic acids is 1. The Kier molecular flexibility index (Phi) is 6.70. The minimum Gasteiger partial charge on any atom is -0.481 e. The van der Waals surface area contributed by atoms with E-state index in [1.165, 1.54) is 0 Å². The average Bonchev–Trinajstić information content (AvgIpc) is 2.73. The van der Waals surface area contributed by atoms with Crippen molar-refractivity contribution in [3.63, 3.8) is 0 Å². The molecule has 0 aromatic carbocycles. The van der Waals surface area contributed by atoms with Crippen molar-refractivity contribution in [2.75, 3.05) is 13.1 Å². The van der Waals surface area contributed by atoms with Crippen molar-refractivity contribution >= 4 is 17.9 Å². The normalized spacial score (nSPS) is 17.9. The van der Waals surface area contributed by atoms with Crippen LogP contribution in [0, 0.1) is 0 Å². The number of carboxylic acids is 1. The van der Waals surface area contributed by atoms with E-state index >= 15 is 0 Å². The minimum atomic E-state index is -0.766. The fraction of sp³-hybridized carbons (Fsp3) is 0.750. The average molecular weight is 271 g/mol. The van der Waals surface area contributed by atoms with Crippen molar-refractivity contribution in [1.82, 2.24) is 16.0 Å². The highest BCUT2D eigenvalue weighted by Gasteiger charge is 2.22. The second-order valence-electron chi connectivity index (χ2n) is 4.66. The number of carboxylic acid groups (broad SMARTS) is 1. The molecule has 0 bridgehead atoms. The maximum absolute atomic E-state index is 11.4. The molecule has 0 aromatic rings. The minimum absolute atomic E-state index is 0.0382. The molecule has 1 aliphatic rings. The highest BCUT2D eigenvalue weighted by Crippen LogP contribution is 2.02. The van der Waals surface area contributed by atoms with Crippen molar-refractivity contribution in [3.05, 3.63) is 0 Å². The highest BCUT2D eigenvalue weighted by atomic mass is 16.4. The zero-order chi connectivity index (χ0) is 14.1. The molecule has 108 valence electrons. The number of rotatable bonds is 8. The van der Waals surface area contributed by atoms with E-state index in [1.807, 2.05) is 0 Å². The third-order valence-electron chi connectivity index (χ3n) is 2.92. The van der Waals surface area contributed by atoms with Gasteiger partial charge in [-0.1, -0.05) is 12.8 Å². The molecule has 0 spiro atoms. The van der Waals surface area contributed by atoms with Crippen molar-refractivity contribution in [2.45, 2.75) is 44.6 Å². The molecular weight excluding hydrogens is 250 g/mol. The number of hydrogen-bond acceptors (Lipinski definition) is 3. The van der Waals surface area contributed by atoms with Gasteiger partial charge in [0.1, 0.15) is 0 Å². The lowest BCUT2D eigenvalue weighted by atomic mass is 10.1. The Balaban J connectivity index is 1.93. The second kappa shape index (κ2) is 8.34. The first-order valence-electron chi connectivity index (χ1n) is 6.61. The zero-order valence-corrected chi connectivity index (χ0v) is 10.9. The molecule has 4 N–H and O–H groups in total. The number of carbonyl (C=O) groups is 3. The Bertz CT molecular complexity index is 333. The first-order chi connectivity index (χ1) is 9.08. The van der Waals surface area contributed by atoms with Gasteiger partial charge in [0.15, 0.2) is 0 Å². The molecule has 1 atom stereocenters. The number of hydrogen-bond donors (Lipinski definition) is 4. The summed E-state index contributed by atoms with van der Waals surface area (Å²) >= 11 is 0. The smallest absolute Gasteiger partial charge is 0.315 e. The summed E-state index contributed by atoms with van der Waals surface area (Å²) in [6.45, 7) is 1.05. The van der Waals surface area contributed by atoms with Crippen LogP contribution in [0.2, 0.25) is 0 Å². The van der Waals surface area contributed by atoms with E-state index in [9.17, 15) is 14.4 Å². The number of nitrogens with one attached hydrogen (secondary N) is 3. The van der Waals surface area contributed by atoms with Gasteiger partial charge in [-0.05, 0) is 12.8 Å². The van der Waals surface area contributed by atoms with E-state index in [2.05, 4.69) is 16.0 Å². The molecule has 1 fully saturated rings. The van der Waals surface area contributed by atoms with Gasteiger partial charge in [0, 0.05) is 25.9 Å². The molecule has 1 saturated heterocycles. The number of amides is 3. The van der Waals surface area contributed by atoms with E-state index in [-0.39, 0.29) is 24.4 Å². The van der Waals surface area contributed by atoms with Gasteiger partial charge in [0.05, 0.1) is 6.04 Å². The summed E-state index contributed by atoms with van der Waals surface area (Å²) in [7, 11) is 0. The van der Waals surface area contributed by atoms with Crippen LogP contribution in [0.5, 0.6) is 0 Å². The lowest BCUT2D eigenvalue weighted by Gasteiger charge is -2.11. The molecule has 0 aromatic heterocycles.